The van der Waals surface area contributed by atoms with Gasteiger partial charge in [-0.25, -0.2) is 0 Å². The van der Waals surface area contributed by atoms with E-state index in [-0.39, 0.29) is 11.9 Å². The molecular weight excluding hydrogens is 194 g/mol. The van der Waals surface area contributed by atoms with Crippen molar-refractivity contribution in [1.29, 1.82) is 5.41 Å². The third-order valence-corrected chi connectivity index (χ3v) is 2.40. The number of morpholine rings is 1. The first kappa shape index (κ1) is 12.4. The molecule has 1 rings (SSSR count). The van der Waals surface area contributed by atoms with Crippen LogP contribution in [0.1, 0.15) is 13.3 Å². The van der Waals surface area contributed by atoms with Crippen LogP contribution in [0.4, 0.5) is 0 Å². The summed E-state index contributed by atoms with van der Waals surface area (Å²) >= 11 is 0. The second-order valence-corrected chi connectivity index (χ2v) is 3.73. The Morgan fingerprint density at radius 2 is 2.40 bits per heavy atom. The number of rotatable bonds is 6. The lowest BCUT2D eigenvalue weighted by atomic mass is 10.2. The molecule has 0 spiro atoms. The van der Waals surface area contributed by atoms with Gasteiger partial charge in [0.15, 0.2) is 0 Å². The van der Waals surface area contributed by atoms with E-state index in [0.717, 1.165) is 32.7 Å². The lowest BCUT2D eigenvalue weighted by Gasteiger charge is -2.32. The average Bonchev–Trinajstić information content (AvgIpc) is 2.25. The minimum absolute atomic E-state index is 0.120. The van der Waals surface area contributed by atoms with E-state index in [9.17, 15) is 0 Å². The minimum Gasteiger partial charge on any atom is -0.385 e. The molecule has 0 amide bonds. The van der Waals surface area contributed by atoms with Crippen LogP contribution in [-0.2, 0) is 9.47 Å². The van der Waals surface area contributed by atoms with Gasteiger partial charge in [0.05, 0.1) is 13.2 Å². The molecule has 3 N–H and O–H groups in total. The Hall–Kier alpha value is -0.650. The average molecular weight is 215 g/mol. The highest BCUT2D eigenvalue weighted by Gasteiger charge is 2.21. The van der Waals surface area contributed by atoms with Crippen molar-refractivity contribution in [1.82, 2.24) is 4.90 Å². The second-order valence-electron chi connectivity index (χ2n) is 3.73. The molecule has 0 saturated carbocycles. The molecule has 1 fully saturated rings. The molecule has 0 aliphatic carbocycles. The Kier molecular flexibility index (Phi) is 5.60. The second kappa shape index (κ2) is 6.76. The van der Waals surface area contributed by atoms with Gasteiger partial charge in [-0.2, -0.15) is 0 Å². The van der Waals surface area contributed by atoms with Crippen molar-refractivity contribution in [2.45, 2.75) is 19.4 Å². The van der Waals surface area contributed by atoms with Crippen molar-refractivity contribution in [3.63, 3.8) is 0 Å². The summed E-state index contributed by atoms with van der Waals surface area (Å²) in [7, 11) is 0. The van der Waals surface area contributed by atoms with Crippen molar-refractivity contribution in [3.8, 4) is 0 Å². The molecule has 1 aliphatic rings. The first-order valence-electron chi connectivity index (χ1n) is 5.49. The Bertz CT molecular complexity index is 199. The quantitative estimate of drug-likeness (QED) is 0.373. The largest absolute Gasteiger partial charge is 0.385 e. The van der Waals surface area contributed by atoms with Gasteiger partial charge in [-0.1, -0.05) is 6.92 Å². The first-order chi connectivity index (χ1) is 7.24. The van der Waals surface area contributed by atoms with E-state index in [4.69, 9.17) is 20.6 Å². The molecule has 1 aliphatic heterocycles. The molecule has 1 unspecified atom stereocenters. The molecule has 0 radical (unpaired) electrons. The van der Waals surface area contributed by atoms with Crippen LogP contribution in [0.2, 0.25) is 0 Å². The van der Waals surface area contributed by atoms with Crippen molar-refractivity contribution in [3.05, 3.63) is 0 Å². The summed E-state index contributed by atoms with van der Waals surface area (Å²) in [6.45, 7) is 6.83. The Morgan fingerprint density at radius 1 is 1.60 bits per heavy atom. The number of hydrogen-bond donors (Lipinski definition) is 2. The molecule has 1 heterocycles. The first-order valence-corrected chi connectivity index (χ1v) is 5.49. The summed E-state index contributed by atoms with van der Waals surface area (Å²) in [6.07, 6.45) is 0.823. The summed E-state index contributed by atoms with van der Waals surface area (Å²) in [4.78, 5) is 2.23. The van der Waals surface area contributed by atoms with Crippen LogP contribution in [0.5, 0.6) is 0 Å². The molecule has 0 aromatic rings. The van der Waals surface area contributed by atoms with E-state index in [1.165, 1.54) is 0 Å². The molecule has 5 nitrogen and oxygen atoms in total. The molecular formula is C10H21N3O2. The van der Waals surface area contributed by atoms with E-state index < -0.39 is 0 Å². The van der Waals surface area contributed by atoms with E-state index >= 15 is 0 Å². The monoisotopic (exact) mass is 215 g/mol. The highest BCUT2D eigenvalue weighted by Crippen LogP contribution is 2.04. The SMILES string of the molecule is CCCOCCN1CCOC(C(=N)N)C1. The van der Waals surface area contributed by atoms with Gasteiger partial charge in [-0.3, -0.25) is 10.3 Å². The van der Waals surface area contributed by atoms with Crippen LogP contribution in [0, 0.1) is 5.41 Å². The van der Waals surface area contributed by atoms with Crippen LogP contribution in [0.3, 0.4) is 0 Å². The Morgan fingerprint density at radius 3 is 3.07 bits per heavy atom. The van der Waals surface area contributed by atoms with Crippen LogP contribution in [0.25, 0.3) is 0 Å². The van der Waals surface area contributed by atoms with Gasteiger partial charge in [0.1, 0.15) is 11.9 Å². The summed E-state index contributed by atoms with van der Waals surface area (Å²) in [6, 6.07) is 0. The van der Waals surface area contributed by atoms with Crippen molar-refractivity contribution < 1.29 is 9.47 Å². The zero-order valence-corrected chi connectivity index (χ0v) is 9.37. The van der Waals surface area contributed by atoms with E-state index in [0.29, 0.717) is 13.2 Å². The van der Waals surface area contributed by atoms with E-state index in [1.54, 1.807) is 0 Å². The molecule has 5 heteroatoms. The highest BCUT2D eigenvalue weighted by atomic mass is 16.5. The van der Waals surface area contributed by atoms with Gasteiger partial charge in [-0.15, -0.1) is 0 Å². The zero-order chi connectivity index (χ0) is 11.1. The number of nitrogens with zero attached hydrogens (tertiary/aromatic N) is 1. The fourth-order valence-electron chi connectivity index (χ4n) is 1.53. The summed E-state index contributed by atoms with van der Waals surface area (Å²) < 4.78 is 10.8. The van der Waals surface area contributed by atoms with Gasteiger partial charge in [0, 0.05) is 26.2 Å². The molecule has 15 heavy (non-hydrogen) atoms. The van der Waals surface area contributed by atoms with Crippen LogP contribution in [-0.4, -0.2) is 56.3 Å². The third kappa shape index (κ3) is 4.59. The number of amidine groups is 1. The van der Waals surface area contributed by atoms with E-state index in [2.05, 4.69) is 11.8 Å². The van der Waals surface area contributed by atoms with Gasteiger partial charge in [0.25, 0.3) is 0 Å². The van der Waals surface area contributed by atoms with Crippen molar-refractivity contribution in [2.24, 2.45) is 5.73 Å². The summed E-state index contributed by atoms with van der Waals surface area (Å²) in [5.41, 5.74) is 5.41. The molecule has 1 atom stereocenters. The van der Waals surface area contributed by atoms with Gasteiger partial charge < -0.3 is 15.2 Å². The normalized spacial score (nSPS) is 22.9. The van der Waals surface area contributed by atoms with Crippen LogP contribution in [0.15, 0.2) is 0 Å². The predicted molar refractivity (Wildman–Crippen MR) is 59.2 cm³/mol. The predicted octanol–water partition coefficient (Wildman–Crippen LogP) is 0.0498. The maximum absolute atomic E-state index is 7.32. The third-order valence-electron chi connectivity index (χ3n) is 2.40. The fraction of sp³-hybridized carbons (Fsp3) is 0.900. The topological polar surface area (TPSA) is 71.6 Å². The van der Waals surface area contributed by atoms with Crippen molar-refractivity contribution in [2.75, 3.05) is 39.5 Å². The lowest BCUT2D eigenvalue weighted by Crippen LogP contribution is -2.48. The van der Waals surface area contributed by atoms with Crippen LogP contribution >= 0.6 is 0 Å². The van der Waals surface area contributed by atoms with Crippen molar-refractivity contribution >= 4 is 5.84 Å². The Labute approximate surface area is 91.0 Å². The standard InChI is InChI=1S/C10H21N3O2/c1-2-5-14-6-3-13-4-7-15-9(8-13)10(11)12/h9H,2-8H2,1H3,(H3,11,12). The number of hydrogen-bond acceptors (Lipinski definition) is 4. The molecule has 0 bridgehead atoms. The molecule has 88 valence electrons. The van der Waals surface area contributed by atoms with Gasteiger partial charge >= 0.3 is 0 Å². The van der Waals surface area contributed by atoms with E-state index in [1.807, 2.05) is 0 Å². The van der Waals surface area contributed by atoms with Gasteiger partial charge in [0.2, 0.25) is 0 Å². The van der Waals surface area contributed by atoms with Crippen LogP contribution < -0.4 is 5.73 Å². The number of nitrogens with one attached hydrogen (secondary N) is 1. The smallest absolute Gasteiger partial charge is 0.127 e. The number of nitrogens with two attached hydrogens (primary N) is 1. The molecule has 0 aromatic carbocycles. The molecule has 0 aromatic heterocycles. The summed E-state index contributed by atoms with van der Waals surface area (Å²) in [5.74, 6) is 0.120. The lowest BCUT2D eigenvalue weighted by molar-refractivity contribution is -0.00603. The zero-order valence-electron chi connectivity index (χ0n) is 9.37. The number of ether oxygens (including phenoxy) is 2. The molecule has 1 saturated heterocycles. The Balaban J connectivity index is 2.15. The maximum atomic E-state index is 7.32. The summed E-state index contributed by atoms with van der Waals surface area (Å²) in [5, 5.41) is 7.32. The highest BCUT2D eigenvalue weighted by molar-refractivity contribution is 5.82. The maximum Gasteiger partial charge on any atom is 0.127 e. The fourth-order valence-corrected chi connectivity index (χ4v) is 1.53. The minimum atomic E-state index is -0.232. The van der Waals surface area contributed by atoms with Gasteiger partial charge in [-0.05, 0) is 6.42 Å².